The highest BCUT2D eigenvalue weighted by molar-refractivity contribution is 9.10. The molecule has 0 aliphatic heterocycles. The standard InChI is InChI=1S/C13H18BrNO2S/c1-13(2,12(16)17)7-3-4-9-18-11-10(14)6-5-8-15-11/h5-6,8H,3-4,7,9H2,1-2H3,(H,16,17). The van der Waals surface area contributed by atoms with E-state index in [1.807, 2.05) is 12.1 Å². The lowest BCUT2D eigenvalue weighted by Crippen LogP contribution is -2.23. The summed E-state index contributed by atoms with van der Waals surface area (Å²) in [6.07, 6.45) is 4.42. The van der Waals surface area contributed by atoms with Crippen molar-refractivity contribution in [2.75, 3.05) is 5.75 Å². The van der Waals surface area contributed by atoms with Crippen LogP contribution in [0.25, 0.3) is 0 Å². The molecule has 0 unspecified atom stereocenters. The molecule has 0 amide bonds. The molecule has 0 atom stereocenters. The molecule has 0 aliphatic rings. The van der Waals surface area contributed by atoms with Gasteiger partial charge in [-0.3, -0.25) is 4.79 Å². The van der Waals surface area contributed by atoms with Crippen molar-refractivity contribution in [3.63, 3.8) is 0 Å². The van der Waals surface area contributed by atoms with Gasteiger partial charge in [0.1, 0.15) is 5.03 Å². The highest BCUT2D eigenvalue weighted by Crippen LogP contribution is 2.27. The summed E-state index contributed by atoms with van der Waals surface area (Å²) in [6, 6.07) is 3.87. The summed E-state index contributed by atoms with van der Waals surface area (Å²) in [5.74, 6) is 0.244. The zero-order chi connectivity index (χ0) is 13.6. The Labute approximate surface area is 121 Å². The predicted octanol–water partition coefficient (Wildman–Crippen LogP) is 4.22. The van der Waals surface area contributed by atoms with E-state index in [0.29, 0.717) is 6.42 Å². The average Bonchev–Trinajstić information content (AvgIpc) is 2.30. The Bertz CT molecular complexity index is 410. The molecule has 5 heteroatoms. The first-order chi connectivity index (χ1) is 8.43. The van der Waals surface area contributed by atoms with Gasteiger partial charge in [0.05, 0.1) is 5.41 Å². The molecule has 0 aromatic carbocycles. The number of unbranched alkanes of at least 4 members (excludes halogenated alkanes) is 1. The van der Waals surface area contributed by atoms with Gasteiger partial charge < -0.3 is 5.11 Å². The van der Waals surface area contributed by atoms with Crippen LogP contribution in [0.1, 0.15) is 33.1 Å². The molecule has 0 fully saturated rings. The number of aromatic nitrogens is 1. The van der Waals surface area contributed by atoms with Crippen molar-refractivity contribution in [2.24, 2.45) is 5.41 Å². The molecule has 0 radical (unpaired) electrons. The molecule has 1 aromatic heterocycles. The van der Waals surface area contributed by atoms with Crippen LogP contribution in [0.15, 0.2) is 27.8 Å². The summed E-state index contributed by atoms with van der Waals surface area (Å²) >= 11 is 5.16. The van der Waals surface area contributed by atoms with Crippen LogP contribution in [0.2, 0.25) is 0 Å². The number of halogens is 1. The van der Waals surface area contributed by atoms with Gasteiger partial charge in [-0.2, -0.15) is 0 Å². The summed E-state index contributed by atoms with van der Waals surface area (Å²) in [5, 5.41) is 9.99. The summed E-state index contributed by atoms with van der Waals surface area (Å²) < 4.78 is 1.01. The molecule has 0 saturated heterocycles. The minimum atomic E-state index is -0.720. The van der Waals surface area contributed by atoms with E-state index in [1.54, 1.807) is 31.8 Å². The monoisotopic (exact) mass is 331 g/mol. The second-order valence-corrected chi connectivity index (χ2v) is 6.72. The number of hydrogen-bond acceptors (Lipinski definition) is 3. The first kappa shape index (κ1) is 15.5. The third-order valence-corrected chi connectivity index (χ3v) is 4.73. The van der Waals surface area contributed by atoms with Gasteiger partial charge in [-0.1, -0.05) is 6.42 Å². The number of rotatable bonds is 7. The van der Waals surface area contributed by atoms with E-state index in [9.17, 15) is 4.79 Å². The fourth-order valence-corrected chi connectivity index (χ4v) is 2.90. The predicted molar refractivity (Wildman–Crippen MR) is 77.9 cm³/mol. The number of carboxylic acids is 1. The van der Waals surface area contributed by atoms with Crippen molar-refractivity contribution < 1.29 is 9.90 Å². The molecular weight excluding hydrogens is 314 g/mol. The summed E-state index contributed by atoms with van der Waals surface area (Å²) in [6.45, 7) is 3.55. The Morgan fingerprint density at radius 2 is 2.22 bits per heavy atom. The Kier molecular flexibility index (Phi) is 6.15. The van der Waals surface area contributed by atoms with Gasteiger partial charge >= 0.3 is 5.97 Å². The Morgan fingerprint density at radius 1 is 1.50 bits per heavy atom. The average molecular weight is 332 g/mol. The second kappa shape index (κ2) is 7.14. The smallest absolute Gasteiger partial charge is 0.309 e. The summed E-state index contributed by atoms with van der Waals surface area (Å²) in [4.78, 5) is 15.2. The van der Waals surface area contributed by atoms with Gasteiger partial charge in [0.15, 0.2) is 0 Å². The Morgan fingerprint density at radius 3 is 2.83 bits per heavy atom. The van der Waals surface area contributed by atoms with Crippen LogP contribution >= 0.6 is 27.7 Å². The van der Waals surface area contributed by atoms with E-state index in [1.165, 1.54) is 0 Å². The van der Waals surface area contributed by atoms with Gasteiger partial charge in [-0.15, -0.1) is 11.8 Å². The molecule has 1 heterocycles. The number of hydrogen-bond donors (Lipinski definition) is 1. The number of aliphatic carboxylic acids is 1. The van der Waals surface area contributed by atoms with E-state index in [0.717, 1.165) is 28.1 Å². The van der Waals surface area contributed by atoms with Gasteiger partial charge in [0, 0.05) is 10.7 Å². The fraction of sp³-hybridized carbons (Fsp3) is 0.538. The van der Waals surface area contributed by atoms with Crippen molar-refractivity contribution in [3.8, 4) is 0 Å². The quantitative estimate of drug-likeness (QED) is 0.600. The third kappa shape index (κ3) is 4.98. The third-order valence-electron chi connectivity index (χ3n) is 2.74. The maximum absolute atomic E-state index is 10.9. The molecule has 1 rings (SSSR count). The first-order valence-electron chi connectivity index (χ1n) is 5.90. The second-order valence-electron chi connectivity index (χ2n) is 4.78. The van der Waals surface area contributed by atoms with E-state index in [-0.39, 0.29) is 0 Å². The van der Waals surface area contributed by atoms with Gasteiger partial charge in [-0.05, 0) is 60.5 Å². The molecule has 0 spiro atoms. The lowest BCUT2D eigenvalue weighted by molar-refractivity contribution is -0.147. The minimum absolute atomic E-state index is 0.615. The van der Waals surface area contributed by atoms with Crippen LogP contribution in [0.5, 0.6) is 0 Å². The summed E-state index contributed by atoms with van der Waals surface area (Å²) in [7, 11) is 0. The van der Waals surface area contributed by atoms with Crippen LogP contribution < -0.4 is 0 Å². The zero-order valence-electron chi connectivity index (χ0n) is 10.6. The van der Waals surface area contributed by atoms with Crippen LogP contribution in [0, 0.1) is 5.41 Å². The number of thioether (sulfide) groups is 1. The van der Waals surface area contributed by atoms with Gasteiger partial charge in [0.25, 0.3) is 0 Å². The zero-order valence-corrected chi connectivity index (χ0v) is 13.1. The van der Waals surface area contributed by atoms with Crippen LogP contribution in [0.4, 0.5) is 0 Å². The van der Waals surface area contributed by atoms with Gasteiger partial charge in [0.2, 0.25) is 0 Å². The van der Waals surface area contributed by atoms with Crippen molar-refractivity contribution in [1.29, 1.82) is 0 Å². The lowest BCUT2D eigenvalue weighted by atomic mass is 9.88. The Hall–Kier alpha value is -0.550. The molecule has 0 saturated carbocycles. The van der Waals surface area contributed by atoms with E-state index in [2.05, 4.69) is 20.9 Å². The maximum Gasteiger partial charge on any atom is 0.309 e. The van der Waals surface area contributed by atoms with Crippen molar-refractivity contribution in [1.82, 2.24) is 4.98 Å². The normalized spacial score (nSPS) is 11.5. The number of carbonyl (C=O) groups is 1. The number of nitrogens with zero attached hydrogens (tertiary/aromatic N) is 1. The van der Waals surface area contributed by atoms with E-state index < -0.39 is 11.4 Å². The highest BCUT2D eigenvalue weighted by Gasteiger charge is 2.25. The van der Waals surface area contributed by atoms with Gasteiger partial charge in [-0.25, -0.2) is 4.98 Å². The first-order valence-corrected chi connectivity index (χ1v) is 7.68. The van der Waals surface area contributed by atoms with Crippen molar-refractivity contribution in [3.05, 3.63) is 22.8 Å². The van der Waals surface area contributed by atoms with Crippen molar-refractivity contribution >= 4 is 33.7 Å². The molecule has 18 heavy (non-hydrogen) atoms. The molecule has 3 nitrogen and oxygen atoms in total. The minimum Gasteiger partial charge on any atom is -0.481 e. The molecule has 1 N–H and O–H groups in total. The molecule has 0 aliphatic carbocycles. The molecular formula is C13H18BrNO2S. The van der Waals surface area contributed by atoms with Crippen LogP contribution in [-0.2, 0) is 4.79 Å². The highest BCUT2D eigenvalue weighted by atomic mass is 79.9. The van der Waals surface area contributed by atoms with Crippen LogP contribution in [-0.4, -0.2) is 21.8 Å². The number of pyridine rings is 1. The maximum atomic E-state index is 10.9. The van der Waals surface area contributed by atoms with Crippen molar-refractivity contribution in [2.45, 2.75) is 38.1 Å². The molecule has 1 aromatic rings. The molecule has 100 valence electrons. The lowest BCUT2D eigenvalue weighted by Gasteiger charge is -2.18. The van der Waals surface area contributed by atoms with E-state index in [4.69, 9.17) is 5.11 Å². The SMILES string of the molecule is CC(C)(CCCCSc1ncccc1Br)C(=O)O. The fourth-order valence-electron chi connectivity index (χ4n) is 1.42. The Balaban J connectivity index is 2.24. The van der Waals surface area contributed by atoms with Crippen LogP contribution in [0.3, 0.4) is 0 Å². The summed E-state index contributed by atoms with van der Waals surface area (Å²) in [5.41, 5.74) is -0.615. The largest absolute Gasteiger partial charge is 0.481 e. The number of carboxylic acid groups (broad SMARTS) is 1. The molecule has 0 bridgehead atoms. The topological polar surface area (TPSA) is 50.2 Å². The van der Waals surface area contributed by atoms with E-state index >= 15 is 0 Å².